The maximum absolute atomic E-state index is 5.52. The van der Waals surface area contributed by atoms with E-state index in [1.807, 2.05) is 25.9 Å². The Morgan fingerprint density at radius 2 is 2.00 bits per heavy atom. The number of hydrogen-bond acceptors (Lipinski definition) is 4. The van der Waals surface area contributed by atoms with Crippen molar-refractivity contribution in [3.8, 4) is 0 Å². The second-order valence-corrected chi connectivity index (χ2v) is 2.59. The van der Waals surface area contributed by atoms with Gasteiger partial charge in [-0.1, -0.05) is 0 Å². The first-order chi connectivity index (χ1) is 5.09. The van der Waals surface area contributed by atoms with Gasteiger partial charge >= 0.3 is 0 Å². The normalized spacial score (nSPS) is 9.73. The van der Waals surface area contributed by atoms with E-state index in [0.717, 1.165) is 5.82 Å². The third-order valence-corrected chi connectivity index (χ3v) is 1.30. The van der Waals surface area contributed by atoms with Crippen molar-refractivity contribution in [2.24, 2.45) is 0 Å². The molecule has 0 aliphatic rings. The fourth-order valence-electron chi connectivity index (χ4n) is 0.804. The van der Waals surface area contributed by atoms with Crippen LogP contribution in [0.5, 0.6) is 0 Å². The molecule has 0 radical (unpaired) electrons. The second kappa shape index (κ2) is 2.74. The van der Waals surface area contributed by atoms with Crippen molar-refractivity contribution in [2.45, 2.75) is 6.92 Å². The Labute approximate surface area is 66.1 Å². The lowest BCUT2D eigenvalue weighted by molar-refractivity contribution is 0.994. The van der Waals surface area contributed by atoms with Crippen LogP contribution in [-0.2, 0) is 0 Å². The van der Waals surface area contributed by atoms with Crippen LogP contribution in [0, 0.1) is 6.92 Å². The highest BCUT2D eigenvalue weighted by Crippen LogP contribution is 2.09. The molecule has 0 saturated carbocycles. The van der Waals surface area contributed by atoms with Crippen LogP contribution in [0.3, 0.4) is 0 Å². The molecule has 1 aromatic heterocycles. The predicted octanol–water partition coefficient (Wildman–Crippen LogP) is 0.433. The summed E-state index contributed by atoms with van der Waals surface area (Å²) in [6.07, 6.45) is 0. The summed E-state index contributed by atoms with van der Waals surface area (Å²) < 4.78 is 0. The number of rotatable bonds is 1. The molecule has 4 heteroatoms. The number of aryl methyl sites for hydroxylation is 1. The highest BCUT2D eigenvalue weighted by atomic mass is 15.2. The van der Waals surface area contributed by atoms with Gasteiger partial charge in [-0.05, 0) is 6.92 Å². The SMILES string of the molecule is Cc1nc(N)cc(N(C)C)n1. The van der Waals surface area contributed by atoms with E-state index in [-0.39, 0.29) is 0 Å². The Hall–Kier alpha value is -1.32. The van der Waals surface area contributed by atoms with E-state index < -0.39 is 0 Å². The summed E-state index contributed by atoms with van der Waals surface area (Å²) in [6.45, 7) is 1.82. The fraction of sp³-hybridized carbons (Fsp3) is 0.429. The van der Waals surface area contributed by atoms with Crippen LogP contribution in [0.1, 0.15) is 5.82 Å². The van der Waals surface area contributed by atoms with Gasteiger partial charge in [-0.15, -0.1) is 0 Å². The molecule has 0 bridgehead atoms. The van der Waals surface area contributed by atoms with Crippen molar-refractivity contribution in [2.75, 3.05) is 24.7 Å². The van der Waals surface area contributed by atoms with E-state index in [4.69, 9.17) is 5.73 Å². The number of aromatic nitrogens is 2. The average molecular weight is 152 g/mol. The standard InChI is InChI=1S/C7H12N4/c1-5-9-6(8)4-7(10-5)11(2)3/h4H,1-3H3,(H2,8,9,10). The summed E-state index contributed by atoms with van der Waals surface area (Å²) in [5.41, 5.74) is 5.52. The van der Waals surface area contributed by atoms with Crippen LogP contribution in [0.25, 0.3) is 0 Å². The van der Waals surface area contributed by atoms with E-state index in [1.54, 1.807) is 6.07 Å². The highest BCUT2D eigenvalue weighted by Gasteiger charge is 1.99. The van der Waals surface area contributed by atoms with E-state index >= 15 is 0 Å². The van der Waals surface area contributed by atoms with Crippen LogP contribution < -0.4 is 10.6 Å². The molecule has 0 aliphatic heterocycles. The number of nitrogen functional groups attached to an aromatic ring is 1. The summed E-state index contributed by atoms with van der Waals surface area (Å²) >= 11 is 0. The van der Waals surface area contributed by atoms with Crippen LogP contribution in [-0.4, -0.2) is 24.1 Å². The van der Waals surface area contributed by atoms with Crippen LogP contribution >= 0.6 is 0 Å². The predicted molar refractivity (Wildman–Crippen MR) is 45.5 cm³/mol. The second-order valence-electron chi connectivity index (χ2n) is 2.59. The van der Waals surface area contributed by atoms with Crippen molar-refractivity contribution in [3.05, 3.63) is 11.9 Å². The number of anilines is 2. The number of nitrogens with zero attached hydrogens (tertiary/aromatic N) is 3. The minimum Gasteiger partial charge on any atom is -0.384 e. The van der Waals surface area contributed by atoms with Crippen LogP contribution in [0.2, 0.25) is 0 Å². The Morgan fingerprint density at radius 1 is 1.36 bits per heavy atom. The maximum Gasteiger partial charge on any atom is 0.133 e. The minimum atomic E-state index is 0.515. The molecule has 0 unspecified atom stereocenters. The molecule has 11 heavy (non-hydrogen) atoms. The molecule has 1 aromatic rings. The zero-order valence-corrected chi connectivity index (χ0v) is 7.00. The lowest BCUT2D eigenvalue weighted by atomic mass is 10.5. The van der Waals surface area contributed by atoms with Crippen molar-refractivity contribution < 1.29 is 0 Å². The van der Waals surface area contributed by atoms with Gasteiger partial charge in [0, 0.05) is 20.2 Å². The molecule has 0 amide bonds. The number of nitrogens with two attached hydrogens (primary N) is 1. The zero-order chi connectivity index (χ0) is 8.43. The molecule has 0 atom stereocenters. The molecule has 0 aromatic carbocycles. The Balaban J connectivity index is 3.08. The van der Waals surface area contributed by atoms with Gasteiger partial charge in [0.05, 0.1) is 0 Å². The van der Waals surface area contributed by atoms with Crippen molar-refractivity contribution >= 4 is 11.6 Å². The van der Waals surface area contributed by atoms with Gasteiger partial charge in [0.1, 0.15) is 17.5 Å². The Kier molecular flexibility index (Phi) is 1.94. The summed E-state index contributed by atoms with van der Waals surface area (Å²) in [6, 6.07) is 1.74. The molecule has 0 aliphatic carbocycles. The van der Waals surface area contributed by atoms with Gasteiger partial charge in [-0.25, -0.2) is 9.97 Å². The van der Waals surface area contributed by atoms with Gasteiger partial charge in [-0.2, -0.15) is 0 Å². The summed E-state index contributed by atoms with van der Waals surface area (Å²) in [4.78, 5) is 10.0. The fourth-order valence-corrected chi connectivity index (χ4v) is 0.804. The molecule has 0 saturated heterocycles. The molecular formula is C7H12N4. The minimum absolute atomic E-state index is 0.515. The third kappa shape index (κ3) is 1.80. The molecule has 4 nitrogen and oxygen atoms in total. The van der Waals surface area contributed by atoms with Crippen molar-refractivity contribution in [3.63, 3.8) is 0 Å². The smallest absolute Gasteiger partial charge is 0.133 e. The first kappa shape index (κ1) is 7.78. The zero-order valence-electron chi connectivity index (χ0n) is 7.00. The van der Waals surface area contributed by atoms with Crippen LogP contribution in [0.4, 0.5) is 11.6 Å². The number of hydrogen-bond donors (Lipinski definition) is 1. The van der Waals surface area contributed by atoms with E-state index in [1.165, 1.54) is 0 Å². The largest absolute Gasteiger partial charge is 0.384 e. The molecule has 0 spiro atoms. The first-order valence-electron chi connectivity index (χ1n) is 3.38. The molecule has 2 N–H and O–H groups in total. The quantitative estimate of drug-likeness (QED) is 0.634. The Bertz CT molecular complexity index is 236. The van der Waals surface area contributed by atoms with Gasteiger partial charge in [0.25, 0.3) is 0 Å². The molecule has 1 heterocycles. The van der Waals surface area contributed by atoms with Crippen molar-refractivity contribution in [1.82, 2.24) is 9.97 Å². The molecule has 1 rings (SSSR count). The third-order valence-electron chi connectivity index (χ3n) is 1.30. The molecule has 0 fully saturated rings. The molecular weight excluding hydrogens is 140 g/mol. The lowest BCUT2D eigenvalue weighted by Crippen LogP contribution is -2.12. The van der Waals surface area contributed by atoms with Crippen molar-refractivity contribution in [1.29, 1.82) is 0 Å². The van der Waals surface area contributed by atoms with Gasteiger partial charge in [0.15, 0.2) is 0 Å². The summed E-state index contributed by atoms with van der Waals surface area (Å²) in [5.74, 6) is 2.06. The monoisotopic (exact) mass is 152 g/mol. The summed E-state index contributed by atoms with van der Waals surface area (Å²) in [7, 11) is 3.84. The first-order valence-corrected chi connectivity index (χ1v) is 3.38. The topological polar surface area (TPSA) is 55.0 Å². The van der Waals surface area contributed by atoms with Gasteiger partial charge < -0.3 is 10.6 Å². The van der Waals surface area contributed by atoms with E-state index in [0.29, 0.717) is 11.6 Å². The molecule has 60 valence electrons. The average Bonchev–Trinajstić information content (AvgIpc) is 1.85. The summed E-state index contributed by atoms with van der Waals surface area (Å²) in [5, 5.41) is 0. The Morgan fingerprint density at radius 3 is 2.45 bits per heavy atom. The van der Waals surface area contributed by atoms with Crippen LogP contribution in [0.15, 0.2) is 6.07 Å². The highest BCUT2D eigenvalue weighted by molar-refractivity contribution is 5.45. The maximum atomic E-state index is 5.52. The lowest BCUT2D eigenvalue weighted by Gasteiger charge is -2.11. The van der Waals surface area contributed by atoms with Gasteiger partial charge in [-0.3, -0.25) is 0 Å². The van der Waals surface area contributed by atoms with E-state index in [2.05, 4.69) is 9.97 Å². The van der Waals surface area contributed by atoms with E-state index in [9.17, 15) is 0 Å². The van der Waals surface area contributed by atoms with Gasteiger partial charge in [0.2, 0.25) is 0 Å².